The van der Waals surface area contributed by atoms with Crippen molar-refractivity contribution >= 4 is 34.9 Å². The highest BCUT2D eigenvalue weighted by atomic mass is 35.5. The van der Waals surface area contributed by atoms with Gasteiger partial charge in [0.1, 0.15) is 5.82 Å². The number of carbonyl (C=O) groups is 2. The van der Waals surface area contributed by atoms with Crippen molar-refractivity contribution in [3.63, 3.8) is 0 Å². The fraction of sp³-hybridized carbons (Fsp3) is 0.409. The number of nitrogens with zero attached hydrogens (tertiary/aromatic N) is 4. The maximum absolute atomic E-state index is 12.9. The highest BCUT2D eigenvalue weighted by Crippen LogP contribution is 2.25. The first-order chi connectivity index (χ1) is 14.5. The van der Waals surface area contributed by atoms with E-state index in [1.165, 1.54) is 6.20 Å². The van der Waals surface area contributed by atoms with Gasteiger partial charge in [-0.3, -0.25) is 19.4 Å². The van der Waals surface area contributed by atoms with Gasteiger partial charge in [-0.2, -0.15) is 0 Å². The van der Waals surface area contributed by atoms with Crippen LogP contribution in [0.15, 0.2) is 48.7 Å². The first-order valence-corrected chi connectivity index (χ1v) is 10.7. The van der Waals surface area contributed by atoms with Gasteiger partial charge in [-0.15, -0.1) is 0 Å². The molecule has 0 aliphatic carbocycles. The average Bonchev–Trinajstić information content (AvgIpc) is 3.17. The number of amides is 2. The molecule has 0 spiro atoms. The molecule has 0 unspecified atom stereocenters. The van der Waals surface area contributed by atoms with Crippen molar-refractivity contribution in [2.45, 2.75) is 25.4 Å². The van der Waals surface area contributed by atoms with Gasteiger partial charge in [0.15, 0.2) is 0 Å². The minimum Gasteiger partial charge on any atom is -0.311 e. The van der Waals surface area contributed by atoms with Crippen LogP contribution in [0.25, 0.3) is 0 Å². The van der Waals surface area contributed by atoms with Crippen LogP contribution in [0.2, 0.25) is 5.02 Å². The Morgan fingerprint density at radius 2 is 1.83 bits per heavy atom. The number of para-hydroxylation sites is 1. The van der Waals surface area contributed by atoms with Crippen molar-refractivity contribution in [3.8, 4) is 0 Å². The molecule has 158 valence electrons. The van der Waals surface area contributed by atoms with Crippen molar-refractivity contribution < 1.29 is 9.59 Å². The minimum absolute atomic E-state index is 0.0743. The Hall–Kier alpha value is -2.48. The Bertz CT molecular complexity index is 884. The van der Waals surface area contributed by atoms with E-state index in [1.807, 2.05) is 42.2 Å². The lowest BCUT2D eigenvalue weighted by Gasteiger charge is -2.39. The fourth-order valence-corrected chi connectivity index (χ4v) is 4.26. The fourth-order valence-electron chi connectivity index (χ4n) is 4.15. The van der Waals surface area contributed by atoms with Gasteiger partial charge in [-0.25, -0.2) is 4.98 Å². The van der Waals surface area contributed by atoms with Crippen molar-refractivity contribution in [1.29, 1.82) is 0 Å². The lowest BCUT2D eigenvalue weighted by molar-refractivity contribution is -0.125. The Morgan fingerprint density at radius 1 is 1.10 bits per heavy atom. The second-order valence-corrected chi connectivity index (χ2v) is 8.17. The van der Waals surface area contributed by atoms with E-state index in [4.69, 9.17) is 11.6 Å². The van der Waals surface area contributed by atoms with E-state index in [1.54, 1.807) is 12.1 Å². The monoisotopic (exact) mass is 427 g/mol. The van der Waals surface area contributed by atoms with Crippen molar-refractivity contribution in [2.24, 2.45) is 0 Å². The third-order valence-corrected chi connectivity index (χ3v) is 6.16. The predicted molar refractivity (Wildman–Crippen MR) is 118 cm³/mol. The molecule has 2 fully saturated rings. The van der Waals surface area contributed by atoms with Crippen LogP contribution in [-0.4, -0.2) is 71.4 Å². The number of pyridine rings is 1. The van der Waals surface area contributed by atoms with Gasteiger partial charge in [-0.05, 0) is 37.6 Å². The molecule has 30 heavy (non-hydrogen) atoms. The summed E-state index contributed by atoms with van der Waals surface area (Å²) < 4.78 is 0. The van der Waals surface area contributed by atoms with Crippen LogP contribution < -0.4 is 10.2 Å². The van der Waals surface area contributed by atoms with Gasteiger partial charge in [0.05, 0.1) is 17.1 Å². The number of anilines is 2. The summed E-state index contributed by atoms with van der Waals surface area (Å²) in [6.07, 6.45) is 2.35. The molecule has 2 aromatic rings. The molecular weight excluding hydrogens is 402 g/mol. The molecule has 7 nitrogen and oxygen atoms in total. The predicted octanol–water partition coefficient (Wildman–Crippen LogP) is 2.49. The molecule has 0 bridgehead atoms. The molecule has 1 aromatic heterocycles. The van der Waals surface area contributed by atoms with Gasteiger partial charge >= 0.3 is 0 Å². The highest BCUT2D eigenvalue weighted by molar-refractivity contribution is 6.30. The molecule has 2 atom stereocenters. The summed E-state index contributed by atoms with van der Waals surface area (Å²) in [5.74, 6) is 0.576. The molecule has 2 aliphatic rings. The van der Waals surface area contributed by atoms with Crippen LogP contribution in [0, 0.1) is 0 Å². The maximum atomic E-state index is 12.9. The number of hydrogen-bond acceptors (Lipinski definition) is 5. The zero-order valence-corrected chi connectivity index (χ0v) is 17.8. The molecule has 0 saturated carbocycles. The lowest BCUT2D eigenvalue weighted by atomic mass is 10.1. The van der Waals surface area contributed by atoms with Crippen LogP contribution in [-0.2, 0) is 9.59 Å². The van der Waals surface area contributed by atoms with E-state index in [9.17, 15) is 9.59 Å². The average molecular weight is 428 g/mol. The molecule has 4 rings (SSSR count). The number of carbonyl (C=O) groups excluding carboxylic acids is 2. The minimum atomic E-state index is -0.273. The Morgan fingerprint density at radius 3 is 2.50 bits per heavy atom. The van der Waals surface area contributed by atoms with E-state index in [0.717, 1.165) is 44.8 Å². The van der Waals surface area contributed by atoms with Gasteiger partial charge in [0, 0.05) is 44.6 Å². The summed E-state index contributed by atoms with van der Waals surface area (Å²) in [5.41, 5.74) is 0.963. The molecule has 1 N–H and O–H groups in total. The second kappa shape index (κ2) is 9.12. The zero-order valence-electron chi connectivity index (χ0n) is 17.0. The first-order valence-electron chi connectivity index (χ1n) is 10.3. The van der Waals surface area contributed by atoms with E-state index in [2.05, 4.69) is 20.1 Å². The standard InChI is InChI=1S/C22H26ClN5O2/c1-16(21(29)25-20-8-7-17(23)15-24-20)26-11-13-27(14-12-26)19-9-10-28(22(19)30)18-5-3-2-4-6-18/h2-8,15-16,19H,9-14H2,1H3,(H,24,25,29)/t16-,19+/m1/s1. The van der Waals surface area contributed by atoms with Crippen LogP contribution in [0.5, 0.6) is 0 Å². The molecule has 3 heterocycles. The molecule has 2 aliphatic heterocycles. The Labute approximate surface area is 181 Å². The summed E-state index contributed by atoms with van der Waals surface area (Å²) >= 11 is 5.84. The smallest absolute Gasteiger partial charge is 0.244 e. The number of rotatable bonds is 5. The summed E-state index contributed by atoms with van der Waals surface area (Å²) in [6.45, 7) is 5.70. The first kappa shape index (κ1) is 20.8. The lowest BCUT2D eigenvalue weighted by Crippen LogP contribution is -2.56. The third kappa shape index (κ3) is 4.48. The van der Waals surface area contributed by atoms with Gasteiger partial charge in [0.25, 0.3) is 0 Å². The quantitative estimate of drug-likeness (QED) is 0.794. The van der Waals surface area contributed by atoms with Crippen molar-refractivity contribution in [3.05, 3.63) is 53.7 Å². The summed E-state index contributed by atoms with van der Waals surface area (Å²) in [5, 5.41) is 3.37. The van der Waals surface area contributed by atoms with Crippen LogP contribution in [0.3, 0.4) is 0 Å². The van der Waals surface area contributed by atoms with E-state index in [0.29, 0.717) is 10.8 Å². The van der Waals surface area contributed by atoms with Crippen LogP contribution in [0.4, 0.5) is 11.5 Å². The zero-order chi connectivity index (χ0) is 21.1. The van der Waals surface area contributed by atoms with E-state index >= 15 is 0 Å². The SMILES string of the molecule is C[C@H](C(=O)Nc1ccc(Cl)cn1)N1CCN([C@H]2CCN(c3ccccc3)C2=O)CC1. The number of benzene rings is 1. The van der Waals surface area contributed by atoms with Gasteiger partial charge < -0.3 is 10.2 Å². The highest BCUT2D eigenvalue weighted by Gasteiger charge is 2.38. The molecule has 2 saturated heterocycles. The molecule has 8 heteroatoms. The number of nitrogens with one attached hydrogen (secondary N) is 1. The van der Waals surface area contributed by atoms with Gasteiger partial charge in [-0.1, -0.05) is 29.8 Å². The molecular formula is C22H26ClN5O2. The number of hydrogen-bond donors (Lipinski definition) is 1. The maximum Gasteiger partial charge on any atom is 0.244 e. The summed E-state index contributed by atoms with van der Waals surface area (Å²) in [7, 11) is 0. The normalized spacial score (nSPS) is 21.6. The van der Waals surface area contributed by atoms with E-state index < -0.39 is 0 Å². The van der Waals surface area contributed by atoms with Crippen molar-refractivity contribution in [1.82, 2.24) is 14.8 Å². The van der Waals surface area contributed by atoms with Crippen LogP contribution in [0.1, 0.15) is 13.3 Å². The second-order valence-electron chi connectivity index (χ2n) is 7.73. The Kier molecular flexibility index (Phi) is 6.32. The Balaban J connectivity index is 1.30. The third-order valence-electron chi connectivity index (χ3n) is 5.94. The molecule has 0 radical (unpaired) electrons. The topological polar surface area (TPSA) is 68.8 Å². The largest absolute Gasteiger partial charge is 0.311 e. The van der Waals surface area contributed by atoms with E-state index in [-0.39, 0.29) is 23.9 Å². The van der Waals surface area contributed by atoms with Crippen LogP contribution >= 0.6 is 11.6 Å². The van der Waals surface area contributed by atoms with Crippen molar-refractivity contribution in [2.75, 3.05) is 42.9 Å². The number of halogens is 1. The molecule has 1 aromatic carbocycles. The van der Waals surface area contributed by atoms with Gasteiger partial charge in [0.2, 0.25) is 11.8 Å². The molecule has 2 amide bonds. The number of aromatic nitrogens is 1. The number of piperazine rings is 1. The summed E-state index contributed by atoms with van der Waals surface area (Å²) in [4.78, 5) is 35.9. The summed E-state index contributed by atoms with van der Waals surface area (Å²) in [6, 6.07) is 12.9.